The van der Waals surface area contributed by atoms with E-state index in [4.69, 9.17) is 0 Å². The second-order valence-corrected chi connectivity index (χ2v) is 4.57. The van der Waals surface area contributed by atoms with Crippen LogP contribution in [-0.2, 0) is 6.42 Å². The monoisotopic (exact) mass is 232 g/mol. The fourth-order valence-electron chi connectivity index (χ4n) is 2.33. The van der Waals surface area contributed by atoms with E-state index in [0.717, 1.165) is 18.7 Å². The topological polar surface area (TPSA) is 27.0 Å². The summed E-state index contributed by atoms with van der Waals surface area (Å²) in [5.74, 6) is -0.222. The van der Waals surface area contributed by atoms with Crippen molar-refractivity contribution in [2.45, 2.75) is 31.7 Å². The van der Waals surface area contributed by atoms with Gasteiger partial charge in [0.05, 0.1) is 6.07 Å². The predicted octanol–water partition coefficient (Wildman–Crippen LogP) is 2.75. The maximum atomic E-state index is 12.8. The molecule has 0 aliphatic carbocycles. The van der Waals surface area contributed by atoms with Crippen molar-refractivity contribution in [3.05, 3.63) is 35.6 Å². The third-order valence-electron chi connectivity index (χ3n) is 3.32. The van der Waals surface area contributed by atoms with Gasteiger partial charge in [0.2, 0.25) is 0 Å². The van der Waals surface area contributed by atoms with Crippen molar-refractivity contribution in [1.82, 2.24) is 4.90 Å². The Hall–Kier alpha value is -1.40. The summed E-state index contributed by atoms with van der Waals surface area (Å²) in [6, 6.07) is 8.75. The van der Waals surface area contributed by atoms with Gasteiger partial charge < -0.3 is 0 Å². The van der Waals surface area contributed by atoms with Gasteiger partial charge in [-0.05, 0) is 43.6 Å². The summed E-state index contributed by atoms with van der Waals surface area (Å²) >= 11 is 0. The van der Waals surface area contributed by atoms with Crippen LogP contribution in [-0.4, -0.2) is 24.0 Å². The average Bonchev–Trinajstić information content (AvgIpc) is 2.39. The van der Waals surface area contributed by atoms with Crippen LogP contribution in [0.2, 0.25) is 0 Å². The molecular weight excluding hydrogens is 215 g/mol. The quantitative estimate of drug-likeness (QED) is 0.801. The van der Waals surface area contributed by atoms with Crippen LogP contribution >= 0.6 is 0 Å². The van der Waals surface area contributed by atoms with Gasteiger partial charge in [0.15, 0.2) is 0 Å². The lowest BCUT2D eigenvalue weighted by molar-refractivity contribution is 0.194. The third-order valence-corrected chi connectivity index (χ3v) is 3.32. The number of hydrogen-bond donors (Lipinski definition) is 0. The molecule has 1 unspecified atom stereocenters. The highest BCUT2D eigenvalue weighted by Crippen LogP contribution is 2.15. The Morgan fingerprint density at radius 1 is 1.18 bits per heavy atom. The summed E-state index contributed by atoms with van der Waals surface area (Å²) in [6.07, 6.45) is 4.32. The van der Waals surface area contributed by atoms with Crippen LogP contribution in [0.3, 0.4) is 0 Å². The molecule has 2 rings (SSSR count). The van der Waals surface area contributed by atoms with Crippen LogP contribution in [0.5, 0.6) is 0 Å². The van der Waals surface area contributed by atoms with Crippen molar-refractivity contribution in [2.75, 3.05) is 13.1 Å². The van der Waals surface area contributed by atoms with Crippen molar-refractivity contribution in [3.8, 4) is 6.07 Å². The van der Waals surface area contributed by atoms with Crippen LogP contribution in [0.4, 0.5) is 4.39 Å². The lowest BCUT2D eigenvalue weighted by Crippen LogP contribution is -2.39. The predicted molar refractivity (Wildman–Crippen MR) is 64.9 cm³/mol. The smallest absolute Gasteiger partial charge is 0.123 e. The Balaban J connectivity index is 1.99. The Kier molecular flexibility index (Phi) is 4.11. The normalized spacial score (nSPS) is 18.6. The van der Waals surface area contributed by atoms with Gasteiger partial charge in [-0.1, -0.05) is 18.6 Å². The molecule has 1 heterocycles. The maximum absolute atomic E-state index is 12.8. The Morgan fingerprint density at radius 2 is 1.82 bits per heavy atom. The van der Waals surface area contributed by atoms with Gasteiger partial charge in [-0.25, -0.2) is 4.39 Å². The molecule has 0 N–H and O–H groups in total. The van der Waals surface area contributed by atoms with Gasteiger partial charge in [-0.3, -0.25) is 4.90 Å². The van der Waals surface area contributed by atoms with E-state index in [1.54, 1.807) is 12.1 Å². The third kappa shape index (κ3) is 3.28. The highest BCUT2D eigenvalue weighted by molar-refractivity contribution is 5.19. The fraction of sp³-hybridized carbons (Fsp3) is 0.500. The molecule has 1 aromatic rings. The molecule has 0 saturated carbocycles. The first-order chi connectivity index (χ1) is 8.29. The molecule has 1 fully saturated rings. The minimum Gasteiger partial charge on any atom is -0.288 e. The van der Waals surface area contributed by atoms with Gasteiger partial charge in [0, 0.05) is 6.42 Å². The number of rotatable bonds is 3. The van der Waals surface area contributed by atoms with Gasteiger partial charge in [0.1, 0.15) is 11.9 Å². The second-order valence-electron chi connectivity index (χ2n) is 4.57. The molecule has 1 saturated heterocycles. The first-order valence-electron chi connectivity index (χ1n) is 6.18. The van der Waals surface area contributed by atoms with Crippen molar-refractivity contribution < 1.29 is 4.39 Å². The van der Waals surface area contributed by atoms with E-state index in [1.807, 2.05) is 0 Å². The van der Waals surface area contributed by atoms with Crippen molar-refractivity contribution in [3.63, 3.8) is 0 Å². The molecule has 1 aliphatic heterocycles. The Morgan fingerprint density at radius 3 is 2.41 bits per heavy atom. The van der Waals surface area contributed by atoms with Crippen LogP contribution < -0.4 is 0 Å². The fourth-order valence-corrected chi connectivity index (χ4v) is 2.33. The van der Waals surface area contributed by atoms with Gasteiger partial charge in [-0.2, -0.15) is 5.26 Å². The van der Waals surface area contributed by atoms with Gasteiger partial charge in [-0.15, -0.1) is 0 Å². The minimum absolute atomic E-state index is 0.0687. The first kappa shape index (κ1) is 12.1. The van der Waals surface area contributed by atoms with E-state index in [9.17, 15) is 9.65 Å². The zero-order chi connectivity index (χ0) is 12.1. The van der Waals surface area contributed by atoms with Crippen molar-refractivity contribution >= 4 is 0 Å². The molecule has 0 radical (unpaired) electrons. The van der Waals surface area contributed by atoms with Crippen LogP contribution in [0, 0.1) is 17.1 Å². The van der Waals surface area contributed by atoms with E-state index < -0.39 is 0 Å². The number of nitrogens with zero attached hydrogens (tertiary/aromatic N) is 2. The SMILES string of the molecule is N#CC(Cc1ccc(F)cc1)N1CCCCC1. The first-order valence-corrected chi connectivity index (χ1v) is 6.18. The van der Waals surface area contributed by atoms with E-state index in [2.05, 4.69) is 11.0 Å². The molecule has 3 heteroatoms. The van der Waals surface area contributed by atoms with Gasteiger partial charge >= 0.3 is 0 Å². The number of halogens is 1. The highest BCUT2D eigenvalue weighted by Gasteiger charge is 2.20. The highest BCUT2D eigenvalue weighted by atomic mass is 19.1. The molecule has 1 aliphatic rings. The minimum atomic E-state index is -0.222. The Bertz CT molecular complexity index is 388. The zero-order valence-electron chi connectivity index (χ0n) is 9.90. The number of benzene rings is 1. The van der Waals surface area contributed by atoms with Crippen LogP contribution in [0.1, 0.15) is 24.8 Å². The lowest BCUT2D eigenvalue weighted by atomic mass is 10.0. The van der Waals surface area contributed by atoms with Crippen LogP contribution in [0.15, 0.2) is 24.3 Å². The number of likely N-dealkylation sites (tertiary alicyclic amines) is 1. The summed E-state index contributed by atoms with van der Waals surface area (Å²) in [4.78, 5) is 2.24. The molecule has 90 valence electrons. The lowest BCUT2D eigenvalue weighted by Gasteiger charge is -2.30. The molecule has 0 amide bonds. The standard InChI is InChI=1S/C14H17FN2/c15-13-6-4-12(5-7-13)10-14(11-16)17-8-2-1-3-9-17/h4-7,14H,1-3,8-10H2. The molecule has 0 aromatic heterocycles. The van der Waals surface area contributed by atoms with Crippen molar-refractivity contribution in [1.29, 1.82) is 5.26 Å². The number of hydrogen-bond acceptors (Lipinski definition) is 2. The van der Waals surface area contributed by atoms with Gasteiger partial charge in [0.25, 0.3) is 0 Å². The maximum Gasteiger partial charge on any atom is 0.123 e. The molecular formula is C14H17FN2. The Labute approximate surface area is 102 Å². The molecule has 0 spiro atoms. The summed E-state index contributed by atoms with van der Waals surface area (Å²) in [5, 5.41) is 9.23. The number of piperidine rings is 1. The van der Waals surface area contributed by atoms with E-state index in [1.165, 1.54) is 31.4 Å². The number of nitriles is 1. The molecule has 0 bridgehead atoms. The molecule has 1 aromatic carbocycles. The molecule has 17 heavy (non-hydrogen) atoms. The van der Waals surface area contributed by atoms with Crippen LogP contribution in [0.25, 0.3) is 0 Å². The summed E-state index contributed by atoms with van der Waals surface area (Å²) in [5.41, 5.74) is 1.03. The summed E-state index contributed by atoms with van der Waals surface area (Å²) in [6.45, 7) is 2.03. The molecule has 2 nitrogen and oxygen atoms in total. The second kappa shape index (κ2) is 5.79. The van der Waals surface area contributed by atoms with E-state index in [-0.39, 0.29) is 11.9 Å². The summed E-state index contributed by atoms with van der Waals surface area (Å²) < 4.78 is 12.8. The summed E-state index contributed by atoms with van der Waals surface area (Å²) in [7, 11) is 0. The van der Waals surface area contributed by atoms with E-state index in [0.29, 0.717) is 6.42 Å². The zero-order valence-corrected chi connectivity index (χ0v) is 9.90. The van der Waals surface area contributed by atoms with E-state index >= 15 is 0 Å². The average molecular weight is 232 g/mol. The molecule has 1 atom stereocenters. The largest absolute Gasteiger partial charge is 0.288 e. The van der Waals surface area contributed by atoms with Crippen molar-refractivity contribution in [2.24, 2.45) is 0 Å².